The summed E-state index contributed by atoms with van der Waals surface area (Å²) in [7, 11) is 7.26. The predicted molar refractivity (Wildman–Crippen MR) is 346 cm³/mol. The molecule has 2 aliphatic heterocycles. The number of likely N-dealkylation sites (N-methyl/N-ethyl adjacent to an activating group) is 5. The van der Waals surface area contributed by atoms with Crippen LogP contribution < -0.4 is 21.3 Å². The van der Waals surface area contributed by atoms with Crippen LogP contribution in [0.1, 0.15) is 182 Å². The van der Waals surface area contributed by atoms with Gasteiger partial charge in [-0.15, -0.1) is 0 Å². The minimum atomic E-state index is -4.74. The highest BCUT2D eigenvalue weighted by Gasteiger charge is 2.50. The van der Waals surface area contributed by atoms with Gasteiger partial charge in [-0.3, -0.25) is 52.7 Å². The molecule has 0 radical (unpaired) electrons. The van der Waals surface area contributed by atoms with Gasteiger partial charge in [0.05, 0.1) is 30.2 Å². The normalized spacial score (nSPS) is 25.9. The van der Waals surface area contributed by atoms with Crippen molar-refractivity contribution in [2.45, 2.75) is 231 Å². The summed E-state index contributed by atoms with van der Waals surface area (Å²) in [6, 6.07) is -4.58. The summed E-state index contributed by atoms with van der Waals surface area (Å²) in [5.74, 6) is -7.66. The van der Waals surface area contributed by atoms with Crippen molar-refractivity contribution in [3.05, 3.63) is 34.3 Å². The SMILES string of the molecule is CCCCN1CC(=O)N(C)[C@@H](CC2CCCCC2)C(=O)N(C)CC(=O)N[C@@H](CCc2ccc(C(F)(F)F)c(Cl)c2)C(=O)N2CCCC2C(=O)NC2(CCCC2)C(=O)N(C)[C@@H](C(C)C)C(=O)N[C@H](C)CC(=O)N(C)[C@@H](CC(C)C)C(=O)N[C@@H]([C@@H](C)CC)C(=O)N(C)CC1=O. The lowest BCUT2D eigenvalue weighted by Crippen LogP contribution is -2.64. The van der Waals surface area contributed by atoms with Crippen LogP contribution in [0.2, 0.25) is 5.02 Å². The van der Waals surface area contributed by atoms with Crippen LogP contribution in [-0.2, 0) is 65.3 Å². The second kappa shape index (κ2) is 34.8. The zero-order valence-electron chi connectivity index (χ0n) is 57.2. The molecular weight excluding hydrogens is 1230 g/mol. The predicted octanol–water partition coefficient (Wildman–Crippen LogP) is 6.33. The maximum atomic E-state index is 15.1. The Kier molecular flexibility index (Phi) is 28.8. The Morgan fingerprint density at radius 3 is 1.90 bits per heavy atom. The van der Waals surface area contributed by atoms with E-state index < -0.39 is 161 Å². The average Bonchev–Trinajstić information content (AvgIpc) is 1.73. The van der Waals surface area contributed by atoms with Crippen LogP contribution in [0.4, 0.5) is 13.2 Å². The van der Waals surface area contributed by atoms with E-state index in [1.54, 1.807) is 27.7 Å². The number of aryl methyl sites for hydroxylation is 1. The minimum absolute atomic E-state index is 0.0324. The van der Waals surface area contributed by atoms with Gasteiger partial charge in [-0.1, -0.05) is 124 Å². The molecule has 1 unspecified atom stereocenters. The Balaban J connectivity index is 1.57. The molecule has 2 saturated heterocycles. The maximum absolute atomic E-state index is 15.1. The molecule has 2 saturated carbocycles. The molecule has 22 nitrogen and oxygen atoms in total. The zero-order chi connectivity index (χ0) is 69.4. The lowest BCUT2D eigenvalue weighted by Gasteiger charge is -2.39. The number of carbonyl (C=O) groups is 11. The monoisotopic (exact) mass is 1330 g/mol. The van der Waals surface area contributed by atoms with Gasteiger partial charge in [0.1, 0.15) is 41.8 Å². The maximum Gasteiger partial charge on any atom is 0.417 e. The summed E-state index contributed by atoms with van der Waals surface area (Å²) >= 11 is 6.13. The number of nitrogens with one attached hydrogen (secondary N) is 4. The molecule has 26 heteroatoms. The first-order valence-corrected chi connectivity index (χ1v) is 34.0. The summed E-state index contributed by atoms with van der Waals surface area (Å²) in [5.41, 5.74) is -2.25. The fourth-order valence-electron chi connectivity index (χ4n) is 13.5. The van der Waals surface area contributed by atoms with Crippen molar-refractivity contribution >= 4 is 76.6 Å². The molecule has 8 atom stereocenters. The highest BCUT2D eigenvalue weighted by molar-refractivity contribution is 6.31. The third kappa shape index (κ3) is 20.7. The van der Waals surface area contributed by atoms with Crippen LogP contribution >= 0.6 is 11.6 Å². The highest BCUT2D eigenvalue weighted by Crippen LogP contribution is 2.37. The van der Waals surface area contributed by atoms with Gasteiger partial charge in [-0.2, -0.15) is 13.2 Å². The minimum Gasteiger partial charge on any atom is -0.351 e. The molecule has 11 amide bonds. The first-order chi connectivity index (χ1) is 43.7. The molecule has 2 aliphatic carbocycles. The van der Waals surface area contributed by atoms with Gasteiger partial charge in [-0.25, -0.2) is 0 Å². The standard InChI is InChI=1S/C67H105ClF3N11O11/c1-14-16-32-81-40-55(85)79(12)52(37-45-23-18-17-19-24-45)63(91)76(9)38-53(83)73-49(29-27-46-26-28-47(48(68)36-46)67(69,70)71)62(90)82-33-22-25-50(82)60(88)75-66(30-20-21-31-66)65(93)80(13)58(42(5)6)61(89)72-44(8)35-54(84)78(11)51(34-41(3)4)59(87)74-57(43(7)15-2)64(92)77(10)39-56(81)86/h26,28,36,41-45,49-52,57-58H,14-25,27,29-35,37-40H2,1-13H3,(H,72,89)(H,73,83)(H,74,87)(H,75,88)/t43-,44+,49-,50?,51-,52-,57-,58-/m0/s1. The molecule has 1 aromatic carbocycles. The fraction of sp³-hybridized carbons (Fsp3) is 0.746. The topological polar surface area (TPSA) is 259 Å². The first kappa shape index (κ1) is 77.2. The third-order valence-electron chi connectivity index (χ3n) is 19.3. The molecule has 0 aromatic heterocycles. The summed E-state index contributed by atoms with van der Waals surface area (Å²) in [6.45, 7) is 13.1. The van der Waals surface area contributed by atoms with E-state index in [1.807, 2.05) is 27.7 Å². The van der Waals surface area contributed by atoms with Crippen LogP contribution in [-0.4, -0.2) is 215 Å². The molecule has 0 bridgehead atoms. The number of unbranched alkanes of at least 4 members (excludes halogenated alkanes) is 1. The summed E-state index contributed by atoms with van der Waals surface area (Å²) < 4.78 is 41.4. The number of hydrogen-bond donors (Lipinski definition) is 4. The number of alkyl halides is 3. The third-order valence-corrected chi connectivity index (χ3v) is 19.6. The Hall–Kier alpha value is -6.53. The van der Waals surface area contributed by atoms with Crippen molar-refractivity contribution in [3.63, 3.8) is 0 Å². The van der Waals surface area contributed by atoms with E-state index >= 15 is 9.59 Å². The van der Waals surface area contributed by atoms with E-state index in [9.17, 15) is 56.3 Å². The van der Waals surface area contributed by atoms with E-state index in [0.717, 1.165) is 49.1 Å². The molecule has 1 aromatic rings. The van der Waals surface area contributed by atoms with Gasteiger partial charge in [0.15, 0.2) is 0 Å². The van der Waals surface area contributed by atoms with Crippen molar-refractivity contribution in [3.8, 4) is 0 Å². The fourth-order valence-corrected chi connectivity index (χ4v) is 13.8. The van der Waals surface area contributed by atoms with E-state index in [0.29, 0.717) is 44.1 Å². The number of hydrogen-bond acceptors (Lipinski definition) is 11. The summed E-state index contributed by atoms with van der Waals surface area (Å²) in [6.07, 6.45) is 3.22. The Morgan fingerprint density at radius 1 is 0.677 bits per heavy atom. The molecule has 522 valence electrons. The number of rotatable bonds is 13. The number of fused-ring (bicyclic) bond motifs is 1. The van der Waals surface area contributed by atoms with Gasteiger partial charge in [0.2, 0.25) is 65.0 Å². The Labute approximate surface area is 553 Å². The van der Waals surface area contributed by atoms with Crippen molar-refractivity contribution in [2.24, 2.45) is 23.7 Å². The highest BCUT2D eigenvalue weighted by atomic mass is 35.5. The largest absolute Gasteiger partial charge is 0.417 e. The Morgan fingerprint density at radius 2 is 1.31 bits per heavy atom. The van der Waals surface area contributed by atoms with Crippen molar-refractivity contribution in [2.75, 3.05) is 68.0 Å². The van der Waals surface area contributed by atoms with Gasteiger partial charge >= 0.3 is 6.18 Å². The molecule has 2 heterocycles. The molecule has 5 rings (SSSR count). The van der Waals surface area contributed by atoms with Crippen LogP contribution in [0.5, 0.6) is 0 Å². The summed E-state index contributed by atoms with van der Waals surface area (Å²) in [4.78, 5) is 170. The molecular formula is C67H105ClF3N11O11. The second-order valence-electron chi connectivity index (χ2n) is 27.5. The summed E-state index contributed by atoms with van der Waals surface area (Å²) in [5, 5.41) is 11.0. The van der Waals surface area contributed by atoms with E-state index in [1.165, 1.54) is 70.7 Å². The van der Waals surface area contributed by atoms with Gasteiger partial charge in [-0.05, 0) is 106 Å². The molecule has 1 spiro atoms. The van der Waals surface area contributed by atoms with E-state index in [2.05, 4.69) is 21.3 Å². The molecule has 93 heavy (non-hydrogen) atoms. The van der Waals surface area contributed by atoms with Gasteiger partial charge in [0.25, 0.3) is 0 Å². The second-order valence-corrected chi connectivity index (χ2v) is 27.9. The van der Waals surface area contributed by atoms with Crippen molar-refractivity contribution in [1.29, 1.82) is 0 Å². The smallest absolute Gasteiger partial charge is 0.351 e. The van der Waals surface area contributed by atoms with Crippen molar-refractivity contribution in [1.82, 2.24) is 55.6 Å². The number of nitrogens with zero attached hydrogens (tertiary/aromatic N) is 7. The van der Waals surface area contributed by atoms with Crippen LogP contribution in [0.15, 0.2) is 18.2 Å². The molecule has 4 aliphatic rings. The Bertz CT molecular complexity index is 2810. The van der Waals surface area contributed by atoms with Gasteiger partial charge < -0.3 is 55.6 Å². The van der Waals surface area contributed by atoms with E-state index in [4.69, 9.17) is 11.6 Å². The number of carbonyl (C=O) groups excluding carboxylic acids is 11. The molecule has 4 N–H and O–H groups in total. The lowest BCUT2D eigenvalue weighted by molar-refractivity contribution is -0.150. The average molecular weight is 1330 g/mol. The van der Waals surface area contributed by atoms with E-state index in [-0.39, 0.29) is 76.3 Å². The number of halogens is 4. The van der Waals surface area contributed by atoms with Crippen LogP contribution in [0.3, 0.4) is 0 Å². The quantitative estimate of drug-likeness (QED) is 0.170. The van der Waals surface area contributed by atoms with Crippen LogP contribution in [0, 0.1) is 23.7 Å². The lowest BCUT2D eigenvalue weighted by atomic mass is 9.84. The van der Waals surface area contributed by atoms with Crippen LogP contribution in [0.25, 0.3) is 0 Å². The van der Waals surface area contributed by atoms with Gasteiger partial charge in [0, 0.05) is 60.8 Å². The molecule has 4 fully saturated rings. The zero-order valence-corrected chi connectivity index (χ0v) is 57.9. The first-order valence-electron chi connectivity index (χ1n) is 33.6. The number of benzene rings is 1. The van der Waals surface area contributed by atoms with Crippen molar-refractivity contribution < 1.29 is 65.9 Å². The number of amides is 11.